The summed E-state index contributed by atoms with van der Waals surface area (Å²) in [7, 11) is 0. The van der Waals surface area contributed by atoms with E-state index >= 15 is 0 Å². The molecule has 0 atom stereocenters. The molecule has 0 spiro atoms. The highest BCUT2D eigenvalue weighted by molar-refractivity contribution is 6.33. The molecular formula is C13H15ClN2O. The Morgan fingerprint density at radius 3 is 2.47 bits per heavy atom. The second kappa shape index (κ2) is 4.08. The van der Waals surface area contributed by atoms with Crippen molar-refractivity contribution in [1.29, 1.82) is 0 Å². The lowest BCUT2D eigenvalue weighted by molar-refractivity contribution is 0.405. The minimum Gasteiger partial charge on any atom is -0.367 e. The number of rotatable bonds is 1. The van der Waals surface area contributed by atoms with Crippen molar-refractivity contribution in [3.8, 4) is 11.1 Å². The molecule has 0 aliphatic heterocycles. The molecule has 0 aliphatic carbocycles. The van der Waals surface area contributed by atoms with Crippen LogP contribution in [0.15, 0.2) is 28.8 Å². The normalized spacial score (nSPS) is 11.8. The van der Waals surface area contributed by atoms with Gasteiger partial charge in [-0.2, -0.15) is 0 Å². The van der Waals surface area contributed by atoms with Crippen molar-refractivity contribution in [3.63, 3.8) is 0 Å². The highest BCUT2D eigenvalue weighted by Crippen LogP contribution is 2.39. The second-order valence-corrected chi connectivity index (χ2v) is 5.41. The first kappa shape index (κ1) is 12.0. The van der Waals surface area contributed by atoms with Gasteiger partial charge in [0.1, 0.15) is 0 Å². The van der Waals surface area contributed by atoms with Gasteiger partial charge in [0.15, 0.2) is 0 Å². The Bertz CT molecular complexity index is 541. The molecule has 1 aromatic heterocycles. The summed E-state index contributed by atoms with van der Waals surface area (Å²) in [5, 5.41) is 4.69. The molecule has 1 aromatic carbocycles. The average molecular weight is 251 g/mol. The molecule has 1 heterocycles. The molecule has 90 valence electrons. The molecule has 3 nitrogen and oxygen atoms in total. The molecule has 0 aliphatic rings. The van der Waals surface area contributed by atoms with E-state index in [-0.39, 0.29) is 5.41 Å². The first-order chi connectivity index (χ1) is 7.91. The highest BCUT2D eigenvalue weighted by atomic mass is 35.5. The fourth-order valence-corrected chi connectivity index (χ4v) is 1.97. The van der Waals surface area contributed by atoms with Gasteiger partial charge in [0, 0.05) is 16.0 Å². The number of aromatic nitrogens is 1. The maximum absolute atomic E-state index is 6.18. The number of hydrogen-bond acceptors (Lipinski definition) is 3. The Balaban J connectivity index is 2.68. The van der Waals surface area contributed by atoms with Gasteiger partial charge >= 0.3 is 0 Å². The van der Waals surface area contributed by atoms with Gasteiger partial charge in [-0.1, -0.05) is 55.7 Å². The van der Waals surface area contributed by atoms with E-state index in [0.717, 1.165) is 16.8 Å². The fourth-order valence-electron chi connectivity index (χ4n) is 1.74. The van der Waals surface area contributed by atoms with Gasteiger partial charge in [0.2, 0.25) is 5.88 Å². The Morgan fingerprint density at radius 2 is 1.88 bits per heavy atom. The van der Waals surface area contributed by atoms with Crippen LogP contribution in [0.1, 0.15) is 26.5 Å². The van der Waals surface area contributed by atoms with Gasteiger partial charge in [0.25, 0.3) is 0 Å². The molecule has 0 saturated heterocycles. The molecule has 2 rings (SSSR count). The summed E-state index contributed by atoms with van der Waals surface area (Å²) >= 11 is 6.18. The van der Waals surface area contributed by atoms with Crippen molar-refractivity contribution in [2.45, 2.75) is 26.2 Å². The van der Waals surface area contributed by atoms with Crippen LogP contribution in [0.2, 0.25) is 5.02 Å². The molecule has 0 bridgehead atoms. The minimum absolute atomic E-state index is 0.143. The Labute approximate surface area is 106 Å². The third-order valence-electron chi connectivity index (χ3n) is 2.57. The van der Waals surface area contributed by atoms with Crippen molar-refractivity contribution in [2.24, 2.45) is 0 Å². The summed E-state index contributed by atoms with van der Waals surface area (Å²) in [6.45, 7) is 6.18. The summed E-state index contributed by atoms with van der Waals surface area (Å²) < 4.78 is 5.10. The zero-order chi connectivity index (χ0) is 12.6. The van der Waals surface area contributed by atoms with E-state index in [4.69, 9.17) is 21.9 Å². The highest BCUT2D eigenvalue weighted by Gasteiger charge is 2.26. The van der Waals surface area contributed by atoms with Crippen molar-refractivity contribution in [3.05, 3.63) is 35.0 Å². The SMILES string of the molecule is CC(C)(C)c1noc(N)c1-c1ccccc1Cl. The van der Waals surface area contributed by atoms with Gasteiger partial charge in [0.05, 0.1) is 11.3 Å². The topological polar surface area (TPSA) is 52.0 Å². The summed E-state index contributed by atoms with van der Waals surface area (Å²) in [5.41, 5.74) is 8.18. The van der Waals surface area contributed by atoms with Gasteiger partial charge < -0.3 is 10.3 Å². The summed E-state index contributed by atoms with van der Waals surface area (Å²) in [4.78, 5) is 0. The van der Waals surface area contributed by atoms with Crippen LogP contribution in [-0.2, 0) is 5.41 Å². The zero-order valence-corrected chi connectivity index (χ0v) is 10.9. The standard InChI is InChI=1S/C13H15ClN2O/c1-13(2,3)11-10(12(15)17-16-11)8-6-4-5-7-9(8)14/h4-7H,15H2,1-3H3. The molecule has 0 saturated carbocycles. The lowest BCUT2D eigenvalue weighted by Gasteiger charge is -2.16. The number of hydrogen-bond donors (Lipinski definition) is 1. The number of nitrogens with zero attached hydrogens (tertiary/aromatic N) is 1. The van der Waals surface area contributed by atoms with Crippen molar-refractivity contribution in [2.75, 3.05) is 5.73 Å². The van der Waals surface area contributed by atoms with E-state index in [1.165, 1.54) is 0 Å². The maximum atomic E-state index is 6.18. The lowest BCUT2D eigenvalue weighted by Crippen LogP contribution is -2.13. The monoisotopic (exact) mass is 250 g/mol. The molecule has 2 aromatic rings. The molecule has 0 amide bonds. The summed E-state index contributed by atoms with van der Waals surface area (Å²) in [6.07, 6.45) is 0. The van der Waals surface area contributed by atoms with Crippen LogP contribution < -0.4 is 5.73 Å². The number of anilines is 1. The molecule has 4 heteroatoms. The van der Waals surface area contributed by atoms with Crippen LogP contribution in [-0.4, -0.2) is 5.16 Å². The molecule has 0 fully saturated rings. The van der Waals surface area contributed by atoms with Gasteiger partial charge in [-0.05, 0) is 6.07 Å². The third-order valence-corrected chi connectivity index (χ3v) is 2.90. The van der Waals surface area contributed by atoms with E-state index < -0.39 is 0 Å². The molecule has 0 unspecified atom stereocenters. The van der Waals surface area contributed by atoms with Crippen LogP contribution in [0, 0.1) is 0 Å². The van der Waals surface area contributed by atoms with Crippen molar-refractivity contribution >= 4 is 17.5 Å². The van der Waals surface area contributed by atoms with Gasteiger partial charge in [-0.25, -0.2) is 0 Å². The van der Waals surface area contributed by atoms with Crippen LogP contribution in [0.3, 0.4) is 0 Å². The fraction of sp³-hybridized carbons (Fsp3) is 0.308. The molecule has 0 radical (unpaired) electrons. The van der Waals surface area contributed by atoms with E-state index in [2.05, 4.69) is 25.9 Å². The van der Waals surface area contributed by atoms with E-state index in [9.17, 15) is 0 Å². The predicted octanol–water partition coefficient (Wildman–Crippen LogP) is 3.87. The number of nitrogens with two attached hydrogens (primary N) is 1. The molecular weight excluding hydrogens is 236 g/mol. The average Bonchev–Trinajstić information content (AvgIpc) is 2.60. The lowest BCUT2D eigenvalue weighted by atomic mass is 9.87. The largest absolute Gasteiger partial charge is 0.367 e. The summed E-state index contributed by atoms with van der Waals surface area (Å²) in [5.74, 6) is 0.308. The number of benzene rings is 1. The van der Waals surface area contributed by atoms with Crippen LogP contribution in [0.5, 0.6) is 0 Å². The Morgan fingerprint density at radius 1 is 1.24 bits per heavy atom. The van der Waals surface area contributed by atoms with E-state index in [1.54, 1.807) is 0 Å². The third kappa shape index (κ3) is 2.15. The smallest absolute Gasteiger partial charge is 0.230 e. The first-order valence-corrected chi connectivity index (χ1v) is 5.79. The number of halogens is 1. The Hall–Kier alpha value is -1.48. The molecule has 17 heavy (non-hydrogen) atoms. The zero-order valence-electron chi connectivity index (χ0n) is 10.1. The predicted molar refractivity (Wildman–Crippen MR) is 70.1 cm³/mol. The quantitative estimate of drug-likeness (QED) is 0.836. The van der Waals surface area contributed by atoms with E-state index in [0.29, 0.717) is 10.9 Å². The van der Waals surface area contributed by atoms with Crippen LogP contribution >= 0.6 is 11.6 Å². The van der Waals surface area contributed by atoms with Gasteiger partial charge in [-0.15, -0.1) is 0 Å². The van der Waals surface area contributed by atoms with Crippen molar-refractivity contribution < 1.29 is 4.52 Å². The van der Waals surface area contributed by atoms with Gasteiger partial charge in [-0.3, -0.25) is 0 Å². The van der Waals surface area contributed by atoms with Crippen LogP contribution in [0.25, 0.3) is 11.1 Å². The van der Waals surface area contributed by atoms with E-state index in [1.807, 2.05) is 24.3 Å². The first-order valence-electron chi connectivity index (χ1n) is 5.42. The molecule has 2 N–H and O–H groups in total. The van der Waals surface area contributed by atoms with Crippen LogP contribution in [0.4, 0.5) is 5.88 Å². The Kier molecular flexibility index (Phi) is 2.87. The maximum Gasteiger partial charge on any atom is 0.230 e. The summed E-state index contributed by atoms with van der Waals surface area (Å²) in [6, 6.07) is 7.54. The van der Waals surface area contributed by atoms with Crippen molar-refractivity contribution in [1.82, 2.24) is 5.16 Å². The minimum atomic E-state index is -0.143. The second-order valence-electron chi connectivity index (χ2n) is 5.00. The number of nitrogen functional groups attached to an aromatic ring is 1.